The summed E-state index contributed by atoms with van der Waals surface area (Å²) in [5.41, 5.74) is 2.32. The molecular weight excluding hydrogens is 356 g/mol. The van der Waals surface area contributed by atoms with Crippen LogP contribution in [-0.2, 0) is 16.0 Å². The van der Waals surface area contributed by atoms with Gasteiger partial charge in [-0.05, 0) is 30.0 Å². The second-order valence-corrected chi connectivity index (χ2v) is 6.96. The lowest BCUT2D eigenvalue weighted by molar-refractivity contribution is -0.116. The molecule has 1 N–H and O–H groups in total. The Bertz CT molecular complexity index is 772. The zero-order valence-electron chi connectivity index (χ0n) is 16.7. The SMILES string of the molecule is COCCOc1ncccc1NC(=O)CCC(=O)c1ccc(CC(C)C)cc1. The lowest BCUT2D eigenvalue weighted by Gasteiger charge is -2.11. The lowest BCUT2D eigenvalue weighted by Crippen LogP contribution is -2.15. The van der Waals surface area contributed by atoms with Crippen LogP contribution >= 0.6 is 0 Å². The van der Waals surface area contributed by atoms with E-state index in [1.807, 2.05) is 24.3 Å². The molecule has 1 aromatic carbocycles. The van der Waals surface area contributed by atoms with Crippen LogP contribution in [0.1, 0.15) is 42.6 Å². The molecule has 1 amide bonds. The molecule has 6 nitrogen and oxygen atoms in total. The fraction of sp³-hybridized carbons (Fsp3) is 0.409. The smallest absolute Gasteiger partial charge is 0.237 e. The molecule has 150 valence electrons. The van der Waals surface area contributed by atoms with Gasteiger partial charge in [-0.1, -0.05) is 38.1 Å². The Balaban J connectivity index is 1.86. The summed E-state index contributed by atoms with van der Waals surface area (Å²) in [5.74, 6) is 0.601. The molecule has 0 radical (unpaired) electrons. The number of benzene rings is 1. The van der Waals surface area contributed by atoms with E-state index in [9.17, 15) is 9.59 Å². The average Bonchev–Trinajstić information content (AvgIpc) is 2.68. The fourth-order valence-corrected chi connectivity index (χ4v) is 2.70. The largest absolute Gasteiger partial charge is 0.474 e. The van der Waals surface area contributed by atoms with E-state index in [2.05, 4.69) is 24.1 Å². The first-order valence-electron chi connectivity index (χ1n) is 9.48. The van der Waals surface area contributed by atoms with Gasteiger partial charge in [-0.25, -0.2) is 4.98 Å². The third kappa shape index (κ3) is 7.12. The summed E-state index contributed by atoms with van der Waals surface area (Å²) < 4.78 is 10.4. The highest BCUT2D eigenvalue weighted by atomic mass is 16.5. The number of ether oxygens (including phenoxy) is 2. The van der Waals surface area contributed by atoms with Gasteiger partial charge in [0.2, 0.25) is 11.8 Å². The maximum absolute atomic E-state index is 12.3. The summed E-state index contributed by atoms with van der Waals surface area (Å²) in [6.45, 7) is 5.08. The number of Topliss-reactive ketones (excluding diaryl/α,β-unsaturated/α-hetero) is 1. The van der Waals surface area contributed by atoms with Crippen LogP contribution in [0.3, 0.4) is 0 Å². The van der Waals surface area contributed by atoms with E-state index in [0.29, 0.717) is 36.3 Å². The van der Waals surface area contributed by atoms with Crippen LogP contribution in [0, 0.1) is 5.92 Å². The highest BCUT2D eigenvalue weighted by Crippen LogP contribution is 2.21. The van der Waals surface area contributed by atoms with E-state index in [1.54, 1.807) is 25.4 Å². The Morgan fingerprint density at radius 1 is 1.07 bits per heavy atom. The second kappa shape index (κ2) is 11.2. The number of rotatable bonds is 11. The fourth-order valence-electron chi connectivity index (χ4n) is 2.70. The minimum absolute atomic E-state index is 0.0472. The van der Waals surface area contributed by atoms with Crippen molar-refractivity contribution >= 4 is 17.4 Å². The molecule has 0 saturated heterocycles. The molecule has 2 aromatic rings. The van der Waals surface area contributed by atoms with Crippen molar-refractivity contribution in [2.24, 2.45) is 5.92 Å². The zero-order chi connectivity index (χ0) is 20.4. The van der Waals surface area contributed by atoms with E-state index < -0.39 is 0 Å². The summed E-state index contributed by atoms with van der Waals surface area (Å²) in [6, 6.07) is 11.0. The summed E-state index contributed by atoms with van der Waals surface area (Å²) >= 11 is 0. The van der Waals surface area contributed by atoms with Gasteiger partial charge in [-0.2, -0.15) is 0 Å². The van der Waals surface area contributed by atoms with Crippen LogP contribution in [0.2, 0.25) is 0 Å². The second-order valence-electron chi connectivity index (χ2n) is 6.96. The Kier molecular flexibility index (Phi) is 8.62. The number of methoxy groups -OCH3 is 1. The number of nitrogens with one attached hydrogen (secondary N) is 1. The molecule has 2 rings (SSSR count). The summed E-state index contributed by atoms with van der Waals surface area (Å²) in [6.07, 6.45) is 2.81. The highest BCUT2D eigenvalue weighted by Gasteiger charge is 2.12. The molecule has 0 fully saturated rings. The van der Waals surface area contributed by atoms with Crippen LogP contribution in [0.5, 0.6) is 5.88 Å². The zero-order valence-corrected chi connectivity index (χ0v) is 16.7. The molecule has 0 aliphatic heterocycles. The van der Waals surface area contributed by atoms with Crippen LogP contribution in [0.15, 0.2) is 42.6 Å². The molecule has 0 aliphatic rings. The van der Waals surface area contributed by atoms with E-state index in [1.165, 1.54) is 5.56 Å². The van der Waals surface area contributed by atoms with Gasteiger partial charge in [0.1, 0.15) is 12.3 Å². The number of hydrogen-bond acceptors (Lipinski definition) is 5. The van der Waals surface area contributed by atoms with Gasteiger partial charge < -0.3 is 14.8 Å². The van der Waals surface area contributed by atoms with E-state index in [4.69, 9.17) is 9.47 Å². The molecule has 0 aliphatic carbocycles. The number of carbonyl (C=O) groups is 2. The van der Waals surface area contributed by atoms with E-state index >= 15 is 0 Å². The molecule has 0 unspecified atom stereocenters. The predicted octanol–water partition coefficient (Wildman–Crippen LogP) is 3.91. The van der Waals surface area contributed by atoms with Crippen LogP contribution in [0.25, 0.3) is 0 Å². The van der Waals surface area contributed by atoms with Crippen molar-refractivity contribution in [2.75, 3.05) is 25.6 Å². The van der Waals surface area contributed by atoms with Crippen molar-refractivity contribution in [3.63, 3.8) is 0 Å². The van der Waals surface area contributed by atoms with Gasteiger partial charge in [0, 0.05) is 31.7 Å². The van der Waals surface area contributed by atoms with Gasteiger partial charge in [0.25, 0.3) is 0 Å². The van der Waals surface area contributed by atoms with Gasteiger partial charge in [0.15, 0.2) is 5.78 Å². The average molecular weight is 384 g/mol. The van der Waals surface area contributed by atoms with Crippen molar-refractivity contribution in [3.8, 4) is 5.88 Å². The topological polar surface area (TPSA) is 77.5 Å². The van der Waals surface area contributed by atoms with Crippen molar-refractivity contribution in [2.45, 2.75) is 33.1 Å². The first-order chi connectivity index (χ1) is 13.5. The number of hydrogen-bond donors (Lipinski definition) is 1. The number of carbonyl (C=O) groups excluding carboxylic acids is 2. The van der Waals surface area contributed by atoms with Gasteiger partial charge in [-0.15, -0.1) is 0 Å². The summed E-state index contributed by atoms with van der Waals surface area (Å²) in [7, 11) is 1.58. The maximum Gasteiger partial charge on any atom is 0.237 e. The third-order valence-electron chi connectivity index (χ3n) is 4.07. The van der Waals surface area contributed by atoms with Crippen LogP contribution < -0.4 is 10.1 Å². The Hall–Kier alpha value is -2.73. The quantitative estimate of drug-likeness (QED) is 0.469. The summed E-state index contributed by atoms with van der Waals surface area (Å²) in [5, 5.41) is 2.76. The van der Waals surface area contributed by atoms with Crippen molar-refractivity contribution in [1.82, 2.24) is 4.98 Å². The highest BCUT2D eigenvalue weighted by molar-refractivity contribution is 6.00. The Labute approximate surface area is 166 Å². The molecule has 1 heterocycles. The molecular formula is C22H28N2O4. The van der Waals surface area contributed by atoms with Crippen molar-refractivity contribution < 1.29 is 19.1 Å². The van der Waals surface area contributed by atoms with Crippen molar-refractivity contribution in [1.29, 1.82) is 0 Å². The molecule has 0 spiro atoms. The molecule has 0 atom stereocenters. The standard InChI is InChI=1S/C22H28N2O4/c1-16(2)15-17-6-8-18(9-7-17)20(25)10-11-21(26)24-19-5-4-12-23-22(19)28-14-13-27-3/h4-9,12,16H,10-11,13-15H2,1-3H3,(H,24,26). The molecule has 0 bridgehead atoms. The molecule has 0 saturated carbocycles. The number of anilines is 1. The normalized spacial score (nSPS) is 10.7. The minimum atomic E-state index is -0.255. The van der Waals surface area contributed by atoms with Gasteiger partial charge in [0.05, 0.1) is 6.61 Å². The first kappa shape index (κ1) is 21.6. The predicted molar refractivity (Wildman–Crippen MR) is 109 cm³/mol. The monoisotopic (exact) mass is 384 g/mol. The van der Waals surface area contributed by atoms with Gasteiger partial charge >= 0.3 is 0 Å². The lowest BCUT2D eigenvalue weighted by atomic mass is 9.99. The summed E-state index contributed by atoms with van der Waals surface area (Å²) in [4.78, 5) is 28.7. The number of amides is 1. The molecule has 28 heavy (non-hydrogen) atoms. The molecule has 1 aromatic heterocycles. The maximum atomic E-state index is 12.3. The number of aromatic nitrogens is 1. The van der Waals surface area contributed by atoms with Crippen LogP contribution in [-0.4, -0.2) is 37.0 Å². The third-order valence-corrected chi connectivity index (χ3v) is 4.07. The first-order valence-corrected chi connectivity index (χ1v) is 9.48. The van der Waals surface area contributed by atoms with Crippen LogP contribution in [0.4, 0.5) is 5.69 Å². The molecule has 6 heteroatoms. The van der Waals surface area contributed by atoms with E-state index in [0.717, 1.165) is 6.42 Å². The minimum Gasteiger partial charge on any atom is -0.474 e. The number of nitrogens with zero attached hydrogens (tertiary/aromatic N) is 1. The Morgan fingerprint density at radius 3 is 2.50 bits per heavy atom. The number of pyridine rings is 1. The van der Waals surface area contributed by atoms with Gasteiger partial charge in [-0.3, -0.25) is 9.59 Å². The Morgan fingerprint density at radius 2 is 1.82 bits per heavy atom. The number of ketones is 1. The van der Waals surface area contributed by atoms with E-state index in [-0.39, 0.29) is 24.5 Å². The van der Waals surface area contributed by atoms with Crippen molar-refractivity contribution in [3.05, 3.63) is 53.7 Å².